The standard InChI is InChI=1S/C14H15N5O/c1-9(15-8-13-16-18-19-17-13)11-7-6-10-4-2-3-5-12(10)14(11)20/h2-7,9,15,20H,8H2,1H3,(H,16,17,18,19). The topological polar surface area (TPSA) is 86.7 Å². The predicted octanol–water partition coefficient (Wildman–Crippen LogP) is 1.91. The number of H-pyrrole nitrogens is 1. The molecule has 0 saturated carbocycles. The third-order valence-electron chi connectivity index (χ3n) is 3.35. The molecule has 3 aromatic rings. The van der Waals surface area contributed by atoms with Crippen molar-refractivity contribution in [1.29, 1.82) is 0 Å². The van der Waals surface area contributed by atoms with Crippen molar-refractivity contribution < 1.29 is 5.11 Å². The Hall–Kier alpha value is -2.47. The van der Waals surface area contributed by atoms with Crippen LogP contribution in [0.3, 0.4) is 0 Å². The lowest BCUT2D eigenvalue weighted by Gasteiger charge is -2.16. The lowest BCUT2D eigenvalue weighted by molar-refractivity contribution is 0.457. The molecule has 0 radical (unpaired) electrons. The van der Waals surface area contributed by atoms with Crippen LogP contribution in [0.2, 0.25) is 0 Å². The first kappa shape index (κ1) is 12.6. The Morgan fingerprint density at radius 1 is 1.25 bits per heavy atom. The fraction of sp³-hybridized carbons (Fsp3) is 0.214. The number of aromatic hydroxyl groups is 1. The number of hydrogen-bond donors (Lipinski definition) is 3. The Balaban J connectivity index is 1.84. The molecule has 6 nitrogen and oxygen atoms in total. The Morgan fingerprint density at radius 2 is 2.10 bits per heavy atom. The molecule has 2 aromatic carbocycles. The zero-order valence-electron chi connectivity index (χ0n) is 11.0. The Bertz CT molecular complexity index is 711. The Kier molecular flexibility index (Phi) is 3.30. The van der Waals surface area contributed by atoms with Crippen LogP contribution in [0.5, 0.6) is 5.75 Å². The summed E-state index contributed by atoms with van der Waals surface area (Å²) in [6.45, 7) is 2.48. The van der Waals surface area contributed by atoms with E-state index in [1.54, 1.807) is 0 Å². The highest BCUT2D eigenvalue weighted by Gasteiger charge is 2.13. The summed E-state index contributed by atoms with van der Waals surface area (Å²) in [7, 11) is 0. The largest absolute Gasteiger partial charge is 0.507 e. The molecule has 102 valence electrons. The third-order valence-corrected chi connectivity index (χ3v) is 3.35. The number of phenolic OH excluding ortho intramolecular Hbond substituents is 1. The van der Waals surface area contributed by atoms with Gasteiger partial charge in [0.1, 0.15) is 5.75 Å². The van der Waals surface area contributed by atoms with Crippen molar-refractivity contribution in [1.82, 2.24) is 25.9 Å². The molecule has 1 atom stereocenters. The van der Waals surface area contributed by atoms with Crippen LogP contribution in [-0.2, 0) is 6.54 Å². The van der Waals surface area contributed by atoms with Gasteiger partial charge < -0.3 is 10.4 Å². The lowest BCUT2D eigenvalue weighted by atomic mass is 10.0. The summed E-state index contributed by atoms with van der Waals surface area (Å²) >= 11 is 0. The molecule has 0 fully saturated rings. The lowest BCUT2D eigenvalue weighted by Crippen LogP contribution is -2.19. The number of phenols is 1. The SMILES string of the molecule is CC(NCc1nn[nH]n1)c1ccc2ccccc2c1O. The van der Waals surface area contributed by atoms with E-state index in [1.165, 1.54) is 0 Å². The van der Waals surface area contributed by atoms with Crippen molar-refractivity contribution in [3.05, 3.63) is 47.8 Å². The normalized spacial score (nSPS) is 12.7. The van der Waals surface area contributed by atoms with Crippen LogP contribution in [0.1, 0.15) is 24.4 Å². The first-order valence-electron chi connectivity index (χ1n) is 6.42. The van der Waals surface area contributed by atoms with E-state index in [0.29, 0.717) is 18.1 Å². The van der Waals surface area contributed by atoms with Gasteiger partial charge in [0.05, 0.1) is 6.54 Å². The number of nitrogens with zero attached hydrogens (tertiary/aromatic N) is 3. The van der Waals surface area contributed by atoms with Crippen molar-refractivity contribution >= 4 is 10.8 Å². The second kappa shape index (κ2) is 5.26. The van der Waals surface area contributed by atoms with Gasteiger partial charge in [-0.1, -0.05) is 41.6 Å². The van der Waals surface area contributed by atoms with Gasteiger partial charge in [0.2, 0.25) is 0 Å². The van der Waals surface area contributed by atoms with Crippen LogP contribution < -0.4 is 5.32 Å². The summed E-state index contributed by atoms with van der Waals surface area (Å²) in [5, 5.41) is 29.2. The van der Waals surface area contributed by atoms with Crippen LogP contribution in [-0.4, -0.2) is 25.7 Å². The second-order valence-electron chi connectivity index (χ2n) is 4.66. The van der Waals surface area contributed by atoms with Gasteiger partial charge >= 0.3 is 0 Å². The summed E-state index contributed by atoms with van der Waals surface area (Å²) in [5.41, 5.74) is 0.854. The average Bonchev–Trinajstić information content (AvgIpc) is 2.99. The summed E-state index contributed by atoms with van der Waals surface area (Å²) in [6.07, 6.45) is 0. The smallest absolute Gasteiger partial charge is 0.188 e. The highest BCUT2D eigenvalue weighted by Crippen LogP contribution is 2.32. The zero-order valence-corrected chi connectivity index (χ0v) is 11.0. The average molecular weight is 269 g/mol. The van der Waals surface area contributed by atoms with Gasteiger partial charge in [0.25, 0.3) is 0 Å². The highest BCUT2D eigenvalue weighted by molar-refractivity contribution is 5.89. The fourth-order valence-electron chi connectivity index (χ4n) is 2.23. The minimum Gasteiger partial charge on any atom is -0.507 e. The van der Waals surface area contributed by atoms with Gasteiger partial charge in [-0.3, -0.25) is 0 Å². The summed E-state index contributed by atoms with van der Waals surface area (Å²) in [4.78, 5) is 0. The van der Waals surface area contributed by atoms with Crippen LogP contribution in [0.4, 0.5) is 0 Å². The molecule has 1 aromatic heterocycles. The summed E-state index contributed by atoms with van der Waals surface area (Å²) < 4.78 is 0. The number of benzene rings is 2. The van der Waals surface area contributed by atoms with E-state index in [-0.39, 0.29) is 6.04 Å². The maximum atomic E-state index is 10.4. The first-order chi connectivity index (χ1) is 9.75. The predicted molar refractivity (Wildman–Crippen MR) is 75.0 cm³/mol. The van der Waals surface area contributed by atoms with Gasteiger partial charge in [-0.25, -0.2) is 0 Å². The highest BCUT2D eigenvalue weighted by atomic mass is 16.3. The Labute approximate surface area is 115 Å². The zero-order chi connectivity index (χ0) is 13.9. The van der Waals surface area contributed by atoms with Crippen LogP contribution in [0.15, 0.2) is 36.4 Å². The van der Waals surface area contributed by atoms with Gasteiger partial charge in [-0.05, 0) is 12.3 Å². The molecule has 0 spiro atoms. The van der Waals surface area contributed by atoms with Crippen molar-refractivity contribution in [2.75, 3.05) is 0 Å². The quantitative estimate of drug-likeness (QED) is 0.673. The number of aromatic nitrogens is 4. The molecule has 0 aliphatic heterocycles. The maximum Gasteiger partial charge on any atom is 0.188 e. The van der Waals surface area contributed by atoms with Crippen molar-refractivity contribution in [3.63, 3.8) is 0 Å². The molecule has 1 heterocycles. The molecule has 0 bridgehead atoms. The maximum absolute atomic E-state index is 10.4. The van der Waals surface area contributed by atoms with Gasteiger partial charge in [0.15, 0.2) is 5.82 Å². The van der Waals surface area contributed by atoms with Gasteiger partial charge in [-0.2, -0.15) is 5.21 Å². The minimum absolute atomic E-state index is 0.0156. The minimum atomic E-state index is -0.0156. The van der Waals surface area contributed by atoms with E-state index in [4.69, 9.17) is 0 Å². The van der Waals surface area contributed by atoms with Crippen LogP contribution >= 0.6 is 0 Å². The molecule has 3 N–H and O–H groups in total. The van der Waals surface area contributed by atoms with Gasteiger partial charge in [-0.15, -0.1) is 10.2 Å². The number of aromatic amines is 1. The van der Waals surface area contributed by atoms with E-state index in [9.17, 15) is 5.11 Å². The molecule has 20 heavy (non-hydrogen) atoms. The molecule has 0 saturated heterocycles. The fourth-order valence-corrected chi connectivity index (χ4v) is 2.23. The van der Waals surface area contributed by atoms with Crippen molar-refractivity contribution in [2.24, 2.45) is 0 Å². The molecule has 0 aliphatic rings. The number of nitrogens with one attached hydrogen (secondary N) is 2. The molecule has 1 unspecified atom stereocenters. The van der Waals surface area contributed by atoms with E-state index in [1.807, 2.05) is 43.3 Å². The van der Waals surface area contributed by atoms with E-state index >= 15 is 0 Å². The van der Waals surface area contributed by atoms with E-state index in [2.05, 4.69) is 25.9 Å². The number of tetrazole rings is 1. The van der Waals surface area contributed by atoms with E-state index < -0.39 is 0 Å². The molecular weight excluding hydrogens is 254 g/mol. The second-order valence-corrected chi connectivity index (χ2v) is 4.66. The molecular formula is C14H15N5O. The number of hydrogen-bond acceptors (Lipinski definition) is 5. The van der Waals surface area contributed by atoms with Crippen molar-refractivity contribution in [2.45, 2.75) is 19.5 Å². The summed E-state index contributed by atoms with van der Waals surface area (Å²) in [5.74, 6) is 0.911. The monoisotopic (exact) mass is 269 g/mol. The number of fused-ring (bicyclic) bond motifs is 1. The summed E-state index contributed by atoms with van der Waals surface area (Å²) in [6, 6.07) is 11.7. The Morgan fingerprint density at radius 3 is 2.90 bits per heavy atom. The molecule has 6 heteroatoms. The molecule has 3 rings (SSSR count). The molecule has 0 aliphatic carbocycles. The third kappa shape index (κ3) is 2.33. The van der Waals surface area contributed by atoms with Crippen molar-refractivity contribution in [3.8, 4) is 5.75 Å². The van der Waals surface area contributed by atoms with Gasteiger partial charge in [0, 0.05) is 17.0 Å². The first-order valence-corrected chi connectivity index (χ1v) is 6.42. The van der Waals surface area contributed by atoms with Crippen LogP contribution in [0, 0.1) is 0 Å². The number of rotatable bonds is 4. The van der Waals surface area contributed by atoms with Crippen LogP contribution in [0.25, 0.3) is 10.8 Å². The molecule has 0 amide bonds. The van der Waals surface area contributed by atoms with E-state index in [0.717, 1.165) is 16.3 Å².